The van der Waals surface area contributed by atoms with Crippen molar-refractivity contribution in [1.82, 2.24) is 15.1 Å². The fourth-order valence-electron chi connectivity index (χ4n) is 5.34. The number of nitrogens with zero attached hydrogens (tertiary/aromatic N) is 2. The standard InChI is InChI=1S/C25H37N3O4/c1-17(2)21-16-27(14-12-26-21)24(29)19-10-11-22(20(15-19)18-7-4-3-5-8-18)32-23-9-6-13-28(23)25(30)31/h10-11,15,17-18,21,23,26H,3-9,12-14,16H2,1-2H3,(H,30,31)/t21-,23?/m0/s1. The first kappa shape index (κ1) is 22.9. The Balaban J connectivity index is 1.58. The number of benzene rings is 1. The molecule has 2 aliphatic heterocycles. The Morgan fingerprint density at radius 1 is 1.09 bits per heavy atom. The van der Waals surface area contributed by atoms with Crippen molar-refractivity contribution in [2.45, 2.75) is 77.0 Å². The van der Waals surface area contributed by atoms with Crippen molar-refractivity contribution in [3.8, 4) is 5.75 Å². The lowest BCUT2D eigenvalue weighted by molar-refractivity contribution is 0.0570. The Morgan fingerprint density at radius 3 is 2.59 bits per heavy atom. The summed E-state index contributed by atoms with van der Waals surface area (Å²) in [5.74, 6) is 1.65. The number of hydrogen-bond donors (Lipinski definition) is 2. The van der Waals surface area contributed by atoms with Crippen molar-refractivity contribution >= 4 is 12.0 Å². The second-order valence-corrected chi connectivity index (χ2v) is 9.83. The van der Waals surface area contributed by atoms with Crippen LogP contribution in [0.3, 0.4) is 0 Å². The zero-order valence-corrected chi connectivity index (χ0v) is 19.4. The molecule has 4 rings (SSSR count). The van der Waals surface area contributed by atoms with Crippen LogP contribution in [0.1, 0.15) is 80.6 Å². The molecular weight excluding hydrogens is 406 g/mol. The minimum atomic E-state index is -0.933. The van der Waals surface area contributed by atoms with E-state index in [1.807, 2.05) is 23.1 Å². The molecule has 0 radical (unpaired) electrons. The van der Waals surface area contributed by atoms with Crippen LogP contribution in [0.15, 0.2) is 18.2 Å². The summed E-state index contributed by atoms with van der Waals surface area (Å²) in [7, 11) is 0. The van der Waals surface area contributed by atoms with E-state index in [4.69, 9.17) is 4.74 Å². The number of amides is 2. The number of carboxylic acid groups (broad SMARTS) is 1. The number of hydrogen-bond acceptors (Lipinski definition) is 4. The van der Waals surface area contributed by atoms with Crippen LogP contribution in [0, 0.1) is 5.92 Å². The average molecular weight is 444 g/mol. The van der Waals surface area contributed by atoms with Crippen molar-refractivity contribution < 1.29 is 19.4 Å². The second kappa shape index (κ2) is 10.1. The fraction of sp³-hybridized carbons (Fsp3) is 0.680. The first-order chi connectivity index (χ1) is 15.4. The summed E-state index contributed by atoms with van der Waals surface area (Å²) in [4.78, 5) is 28.3. The van der Waals surface area contributed by atoms with Gasteiger partial charge in [-0.15, -0.1) is 0 Å². The lowest BCUT2D eigenvalue weighted by atomic mass is 9.83. The molecule has 32 heavy (non-hydrogen) atoms. The molecule has 1 aromatic rings. The predicted molar refractivity (Wildman–Crippen MR) is 123 cm³/mol. The molecule has 1 aromatic carbocycles. The summed E-state index contributed by atoms with van der Waals surface area (Å²) in [6, 6.07) is 6.10. The zero-order chi connectivity index (χ0) is 22.7. The SMILES string of the molecule is CC(C)[C@@H]1CN(C(=O)c2ccc(OC3CCCN3C(=O)O)c(C3CCCCC3)c2)CCN1. The van der Waals surface area contributed by atoms with Gasteiger partial charge in [0.05, 0.1) is 0 Å². The Kier molecular flexibility index (Phi) is 7.23. The molecule has 1 saturated carbocycles. The number of carbonyl (C=O) groups is 2. The van der Waals surface area contributed by atoms with Gasteiger partial charge in [-0.1, -0.05) is 33.1 Å². The summed E-state index contributed by atoms with van der Waals surface area (Å²) in [5, 5.41) is 13.0. The van der Waals surface area contributed by atoms with Crippen molar-refractivity contribution in [3.05, 3.63) is 29.3 Å². The molecule has 2 heterocycles. The van der Waals surface area contributed by atoms with E-state index in [0.29, 0.717) is 43.0 Å². The predicted octanol–water partition coefficient (Wildman–Crippen LogP) is 4.28. The number of rotatable bonds is 5. The van der Waals surface area contributed by atoms with Crippen LogP contribution in [0.2, 0.25) is 0 Å². The van der Waals surface area contributed by atoms with Crippen molar-refractivity contribution in [3.63, 3.8) is 0 Å². The third kappa shape index (κ3) is 5.03. The number of likely N-dealkylation sites (tertiary alicyclic amines) is 1. The fourth-order valence-corrected chi connectivity index (χ4v) is 5.34. The number of ether oxygens (including phenoxy) is 1. The highest BCUT2D eigenvalue weighted by atomic mass is 16.5. The largest absolute Gasteiger partial charge is 0.470 e. The Labute approximate surface area is 191 Å². The molecule has 2 atom stereocenters. The molecule has 2 amide bonds. The lowest BCUT2D eigenvalue weighted by Gasteiger charge is -2.36. The van der Waals surface area contributed by atoms with Gasteiger partial charge < -0.3 is 20.1 Å². The highest BCUT2D eigenvalue weighted by molar-refractivity contribution is 5.94. The van der Waals surface area contributed by atoms with Gasteiger partial charge >= 0.3 is 6.09 Å². The molecule has 0 aromatic heterocycles. The summed E-state index contributed by atoms with van der Waals surface area (Å²) >= 11 is 0. The van der Waals surface area contributed by atoms with Gasteiger partial charge in [-0.05, 0) is 54.9 Å². The van der Waals surface area contributed by atoms with Crippen LogP contribution in [0.5, 0.6) is 5.75 Å². The molecule has 3 fully saturated rings. The molecule has 3 aliphatic rings. The van der Waals surface area contributed by atoms with Gasteiger partial charge in [0.1, 0.15) is 5.75 Å². The van der Waals surface area contributed by atoms with Crippen LogP contribution in [-0.4, -0.2) is 65.4 Å². The topological polar surface area (TPSA) is 82.1 Å². The second-order valence-electron chi connectivity index (χ2n) is 9.83. The molecule has 0 spiro atoms. The maximum absolute atomic E-state index is 13.4. The summed E-state index contributed by atoms with van der Waals surface area (Å²) in [6.45, 7) is 7.13. The number of nitrogens with one attached hydrogen (secondary N) is 1. The highest BCUT2D eigenvalue weighted by Crippen LogP contribution is 2.39. The third-order valence-corrected chi connectivity index (χ3v) is 7.31. The van der Waals surface area contributed by atoms with Crippen LogP contribution in [0.4, 0.5) is 4.79 Å². The van der Waals surface area contributed by atoms with Gasteiger partial charge in [0.25, 0.3) is 5.91 Å². The van der Waals surface area contributed by atoms with Gasteiger partial charge in [0.15, 0.2) is 6.23 Å². The maximum Gasteiger partial charge on any atom is 0.410 e. The van der Waals surface area contributed by atoms with E-state index in [9.17, 15) is 14.7 Å². The first-order valence-corrected chi connectivity index (χ1v) is 12.3. The first-order valence-electron chi connectivity index (χ1n) is 12.3. The molecule has 7 heteroatoms. The van der Waals surface area contributed by atoms with Gasteiger partial charge in [-0.2, -0.15) is 0 Å². The molecule has 2 N–H and O–H groups in total. The number of piperazine rings is 1. The van der Waals surface area contributed by atoms with E-state index < -0.39 is 12.3 Å². The van der Waals surface area contributed by atoms with E-state index >= 15 is 0 Å². The molecule has 2 saturated heterocycles. The van der Waals surface area contributed by atoms with Crippen LogP contribution >= 0.6 is 0 Å². The molecular formula is C25H37N3O4. The number of carbonyl (C=O) groups excluding carboxylic acids is 1. The molecule has 1 aliphatic carbocycles. The van der Waals surface area contributed by atoms with Crippen LogP contribution in [0.25, 0.3) is 0 Å². The van der Waals surface area contributed by atoms with E-state index in [1.54, 1.807) is 0 Å². The van der Waals surface area contributed by atoms with Crippen molar-refractivity contribution in [2.24, 2.45) is 5.92 Å². The van der Waals surface area contributed by atoms with E-state index in [0.717, 1.165) is 43.7 Å². The van der Waals surface area contributed by atoms with Gasteiger partial charge in [-0.25, -0.2) is 4.79 Å². The van der Waals surface area contributed by atoms with Gasteiger partial charge in [-0.3, -0.25) is 9.69 Å². The van der Waals surface area contributed by atoms with Gasteiger partial charge in [0.2, 0.25) is 0 Å². The smallest absolute Gasteiger partial charge is 0.410 e. The summed E-state index contributed by atoms with van der Waals surface area (Å²) < 4.78 is 6.27. The zero-order valence-electron chi connectivity index (χ0n) is 19.4. The third-order valence-electron chi connectivity index (χ3n) is 7.31. The van der Waals surface area contributed by atoms with Crippen LogP contribution < -0.4 is 10.1 Å². The van der Waals surface area contributed by atoms with E-state index in [2.05, 4.69) is 19.2 Å². The Morgan fingerprint density at radius 2 is 1.88 bits per heavy atom. The lowest BCUT2D eigenvalue weighted by Crippen LogP contribution is -2.54. The molecule has 176 valence electrons. The van der Waals surface area contributed by atoms with E-state index in [1.165, 1.54) is 24.2 Å². The highest BCUT2D eigenvalue weighted by Gasteiger charge is 2.32. The van der Waals surface area contributed by atoms with Crippen molar-refractivity contribution in [1.29, 1.82) is 0 Å². The normalized spacial score (nSPS) is 24.7. The minimum absolute atomic E-state index is 0.0776. The quantitative estimate of drug-likeness (QED) is 0.710. The Bertz CT molecular complexity index is 821. The monoisotopic (exact) mass is 443 g/mol. The minimum Gasteiger partial charge on any atom is -0.470 e. The summed E-state index contributed by atoms with van der Waals surface area (Å²) in [5.41, 5.74) is 1.78. The summed E-state index contributed by atoms with van der Waals surface area (Å²) in [6.07, 6.45) is 5.92. The Hall–Kier alpha value is -2.28. The van der Waals surface area contributed by atoms with Crippen molar-refractivity contribution in [2.75, 3.05) is 26.2 Å². The molecule has 7 nitrogen and oxygen atoms in total. The molecule has 0 bridgehead atoms. The van der Waals surface area contributed by atoms with E-state index in [-0.39, 0.29) is 5.91 Å². The average Bonchev–Trinajstić information content (AvgIpc) is 3.28. The van der Waals surface area contributed by atoms with Gasteiger partial charge in [0, 0.05) is 44.2 Å². The van der Waals surface area contributed by atoms with Crippen LogP contribution in [-0.2, 0) is 0 Å². The molecule has 1 unspecified atom stereocenters. The maximum atomic E-state index is 13.4.